The van der Waals surface area contributed by atoms with Crippen LogP contribution >= 0.6 is 0 Å². The molecule has 1 aromatic carbocycles. The first-order valence-electron chi connectivity index (χ1n) is 11.7. The zero-order chi connectivity index (χ0) is 23.9. The molecule has 2 saturated heterocycles. The van der Waals surface area contributed by atoms with E-state index in [4.69, 9.17) is 15.9 Å². The number of carbonyl (C=O) groups excluding carboxylic acids is 1. The third kappa shape index (κ3) is 4.36. The molecule has 0 radical (unpaired) electrons. The summed E-state index contributed by atoms with van der Waals surface area (Å²) in [6.45, 7) is 2.41. The lowest BCUT2D eigenvalue weighted by Crippen LogP contribution is -2.57. The van der Waals surface area contributed by atoms with Gasteiger partial charge in [0.2, 0.25) is 0 Å². The number of likely N-dealkylation sites (tertiary alicyclic amines) is 2. The van der Waals surface area contributed by atoms with Crippen LogP contribution in [-0.4, -0.2) is 63.9 Å². The molecule has 1 amide bonds. The zero-order valence-corrected chi connectivity index (χ0v) is 19.0. The summed E-state index contributed by atoms with van der Waals surface area (Å²) in [5.41, 5.74) is 5.13. The van der Waals surface area contributed by atoms with Crippen molar-refractivity contribution in [3.05, 3.63) is 53.5 Å². The van der Waals surface area contributed by atoms with Gasteiger partial charge in [-0.2, -0.15) is 0 Å². The van der Waals surface area contributed by atoms with Gasteiger partial charge in [0.15, 0.2) is 5.67 Å². The molecule has 4 heterocycles. The van der Waals surface area contributed by atoms with Crippen LogP contribution in [-0.2, 0) is 11.3 Å². The Morgan fingerprint density at radius 1 is 1.12 bits per heavy atom. The number of halogens is 2. The highest BCUT2D eigenvalue weighted by Crippen LogP contribution is 2.40. The summed E-state index contributed by atoms with van der Waals surface area (Å²) in [5, 5.41) is 8.36. The van der Waals surface area contributed by atoms with Gasteiger partial charge in [-0.3, -0.25) is 9.69 Å². The van der Waals surface area contributed by atoms with Crippen LogP contribution in [0.2, 0.25) is 0 Å². The number of anilines is 1. The second kappa shape index (κ2) is 8.61. The molecule has 0 unspecified atom stereocenters. The molecule has 3 aliphatic heterocycles. The number of aromatic nitrogens is 1. The lowest BCUT2D eigenvalue weighted by atomic mass is 9.81. The molecule has 2 fully saturated rings. The summed E-state index contributed by atoms with van der Waals surface area (Å²) in [5.74, 6) is 0.124. The van der Waals surface area contributed by atoms with Crippen molar-refractivity contribution in [1.82, 2.24) is 14.8 Å². The average Bonchev–Trinajstić information content (AvgIpc) is 2.81. The SMILES string of the molecule is N=C1CC2(CCN(C(=O)C3(F)CCN(Cc4ccnc(N)c4)CC3)CC2)Oc2ccc(F)cc21. The van der Waals surface area contributed by atoms with Crippen molar-refractivity contribution in [3.8, 4) is 5.75 Å². The number of hydrogen-bond donors (Lipinski definition) is 2. The van der Waals surface area contributed by atoms with Crippen LogP contribution in [0, 0.1) is 11.2 Å². The maximum absolute atomic E-state index is 15.7. The predicted molar refractivity (Wildman–Crippen MR) is 124 cm³/mol. The van der Waals surface area contributed by atoms with Crippen LogP contribution < -0.4 is 10.5 Å². The van der Waals surface area contributed by atoms with Gasteiger partial charge in [0, 0.05) is 82.3 Å². The quantitative estimate of drug-likeness (QED) is 0.719. The molecule has 0 aliphatic carbocycles. The second-order valence-corrected chi connectivity index (χ2v) is 9.70. The number of pyridine rings is 1. The number of benzene rings is 1. The van der Waals surface area contributed by atoms with Crippen molar-refractivity contribution in [2.45, 2.75) is 49.9 Å². The summed E-state index contributed by atoms with van der Waals surface area (Å²) in [6, 6.07) is 7.92. The van der Waals surface area contributed by atoms with Gasteiger partial charge in [-0.15, -0.1) is 0 Å². The molecule has 0 atom stereocenters. The Hall–Kier alpha value is -3.07. The fraction of sp³-hybridized carbons (Fsp3) is 0.480. The maximum atomic E-state index is 15.7. The van der Waals surface area contributed by atoms with Gasteiger partial charge in [0.05, 0.1) is 0 Å². The highest BCUT2D eigenvalue weighted by molar-refractivity contribution is 6.02. The summed E-state index contributed by atoms with van der Waals surface area (Å²) < 4.78 is 35.5. The summed E-state index contributed by atoms with van der Waals surface area (Å²) >= 11 is 0. The van der Waals surface area contributed by atoms with Crippen molar-refractivity contribution in [1.29, 1.82) is 5.41 Å². The van der Waals surface area contributed by atoms with E-state index in [1.54, 1.807) is 17.2 Å². The van der Waals surface area contributed by atoms with Gasteiger partial charge >= 0.3 is 0 Å². The van der Waals surface area contributed by atoms with E-state index in [1.807, 2.05) is 12.1 Å². The first-order valence-corrected chi connectivity index (χ1v) is 11.7. The van der Waals surface area contributed by atoms with Crippen LogP contribution in [0.15, 0.2) is 36.5 Å². The molecule has 34 heavy (non-hydrogen) atoms. The molecule has 3 aliphatic rings. The van der Waals surface area contributed by atoms with Crippen molar-refractivity contribution < 1.29 is 18.3 Å². The van der Waals surface area contributed by atoms with Crippen LogP contribution in [0.3, 0.4) is 0 Å². The molecule has 180 valence electrons. The van der Waals surface area contributed by atoms with Gasteiger partial charge in [-0.1, -0.05) is 0 Å². The molecule has 9 heteroatoms. The number of carbonyl (C=O) groups is 1. The highest BCUT2D eigenvalue weighted by Gasteiger charge is 2.48. The maximum Gasteiger partial charge on any atom is 0.260 e. The van der Waals surface area contributed by atoms with E-state index in [9.17, 15) is 9.18 Å². The molecule has 3 N–H and O–H groups in total. The standard InChI is InChI=1S/C25H29F2N5O2/c26-18-1-2-21-19(14-18)20(28)15-24(34-21)4-11-32(12-5-24)23(33)25(27)6-9-31(10-7-25)16-17-3-8-30-22(29)13-17/h1-3,8,13-14,28H,4-7,9-12,15-16H2,(H2,29,30). The van der Waals surface area contributed by atoms with Crippen molar-refractivity contribution in [2.24, 2.45) is 0 Å². The Kier molecular flexibility index (Phi) is 5.75. The number of ether oxygens (including phenoxy) is 1. The van der Waals surface area contributed by atoms with E-state index in [2.05, 4.69) is 9.88 Å². The number of rotatable bonds is 3. The van der Waals surface area contributed by atoms with Gasteiger partial charge in [-0.25, -0.2) is 13.8 Å². The van der Waals surface area contributed by atoms with Gasteiger partial charge in [0.1, 0.15) is 23.0 Å². The fourth-order valence-electron chi connectivity index (χ4n) is 5.32. The Morgan fingerprint density at radius 3 is 2.56 bits per heavy atom. The Balaban J connectivity index is 1.18. The topological polar surface area (TPSA) is 95.5 Å². The number of nitrogens with two attached hydrogens (primary N) is 1. The van der Waals surface area contributed by atoms with Crippen LogP contribution in [0.4, 0.5) is 14.6 Å². The molecule has 5 rings (SSSR count). The van der Waals surface area contributed by atoms with E-state index >= 15 is 4.39 Å². The first kappa shape index (κ1) is 22.7. The van der Waals surface area contributed by atoms with Crippen molar-refractivity contribution >= 4 is 17.4 Å². The second-order valence-electron chi connectivity index (χ2n) is 9.70. The van der Waals surface area contributed by atoms with Gasteiger partial charge < -0.3 is 20.8 Å². The number of nitrogens with one attached hydrogen (secondary N) is 1. The summed E-state index contributed by atoms with van der Waals surface area (Å²) in [4.78, 5) is 20.9. The minimum absolute atomic E-state index is 0.161. The molecule has 2 aromatic rings. The van der Waals surface area contributed by atoms with Crippen LogP contribution in [0.5, 0.6) is 5.75 Å². The largest absolute Gasteiger partial charge is 0.486 e. The molecule has 1 spiro atoms. The van der Waals surface area contributed by atoms with E-state index < -0.39 is 23.0 Å². The Labute approximate surface area is 197 Å². The van der Waals surface area contributed by atoms with Crippen LogP contribution in [0.25, 0.3) is 0 Å². The third-order valence-electron chi connectivity index (χ3n) is 7.34. The van der Waals surface area contributed by atoms with Crippen LogP contribution in [0.1, 0.15) is 43.2 Å². The van der Waals surface area contributed by atoms with Crippen molar-refractivity contribution in [2.75, 3.05) is 31.9 Å². The smallest absolute Gasteiger partial charge is 0.260 e. The van der Waals surface area contributed by atoms with Gasteiger partial charge in [-0.05, 0) is 35.9 Å². The first-order chi connectivity index (χ1) is 16.3. The number of amides is 1. The molecular formula is C25H29F2N5O2. The minimum atomic E-state index is -1.86. The van der Waals surface area contributed by atoms with E-state index in [-0.39, 0.29) is 12.8 Å². The third-order valence-corrected chi connectivity index (χ3v) is 7.34. The Morgan fingerprint density at radius 2 is 1.85 bits per heavy atom. The van der Waals surface area contributed by atoms with E-state index in [1.165, 1.54) is 12.1 Å². The van der Waals surface area contributed by atoms with E-state index in [0.29, 0.717) is 74.8 Å². The fourth-order valence-corrected chi connectivity index (χ4v) is 5.32. The van der Waals surface area contributed by atoms with Crippen molar-refractivity contribution in [3.63, 3.8) is 0 Å². The minimum Gasteiger partial charge on any atom is -0.486 e. The highest BCUT2D eigenvalue weighted by atomic mass is 19.1. The lowest BCUT2D eigenvalue weighted by Gasteiger charge is -2.46. The number of alkyl halides is 1. The lowest BCUT2D eigenvalue weighted by molar-refractivity contribution is -0.151. The average molecular weight is 470 g/mol. The number of piperidine rings is 2. The number of fused-ring (bicyclic) bond motifs is 1. The molecule has 0 saturated carbocycles. The Bertz CT molecular complexity index is 1110. The zero-order valence-electron chi connectivity index (χ0n) is 19.0. The molecular weight excluding hydrogens is 440 g/mol. The monoisotopic (exact) mass is 469 g/mol. The molecule has 0 bridgehead atoms. The molecule has 7 nitrogen and oxygen atoms in total. The normalized spacial score (nSPS) is 21.7. The number of nitrogen functional groups attached to an aromatic ring is 1. The number of hydrogen-bond acceptors (Lipinski definition) is 6. The van der Waals surface area contributed by atoms with E-state index in [0.717, 1.165) is 5.56 Å². The summed E-state index contributed by atoms with van der Waals surface area (Å²) in [7, 11) is 0. The summed E-state index contributed by atoms with van der Waals surface area (Å²) in [6.07, 6.45) is 3.38. The number of nitrogens with zero attached hydrogens (tertiary/aromatic N) is 3. The van der Waals surface area contributed by atoms with Gasteiger partial charge in [0.25, 0.3) is 5.91 Å². The molecule has 1 aromatic heterocycles. The predicted octanol–water partition coefficient (Wildman–Crippen LogP) is 3.32.